The number of guanidine groups is 1. The average molecular weight is 577 g/mol. The van der Waals surface area contributed by atoms with Gasteiger partial charge in [0.15, 0.2) is 5.96 Å². The van der Waals surface area contributed by atoms with Crippen LogP contribution in [0.3, 0.4) is 0 Å². The summed E-state index contributed by atoms with van der Waals surface area (Å²) in [6.45, 7) is 8.89. The summed E-state index contributed by atoms with van der Waals surface area (Å²) >= 11 is 1.28. The molecule has 1 unspecified atom stereocenters. The van der Waals surface area contributed by atoms with E-state index in [1.165, 1.54) is 29.5 Å². The second-order valence-corrected chi connectivity index (χ2v) is 7.58. The molecule has 0 fully saturated rings. The molecule has 0 aliphatic carbocycles. The normalized spacial score (nSPS) is 11.8. The maximum Gasteiger partial charge on any atom is 0.350 e. The zero-order valence-electron chi connectivity index (χ0n) is 18.5. The third kappa shape index (κ3) is 8.01. The van der Waals surface area contributed by atoms with Crippen molar-refractivity contribution in [3.8, 4) is 0 Å². The number of nitrogens with zero attached hydrogens (tertiary/aromatic N) is 2. The first-order valence-corrected chi connectivity index (χ1v) is 10.9. The predicted molar refractivity (Wildman–Crippen MR) is 134 cm³/mol. The number of aryl methyl sites for hydroxylation is 1. The van der Waals surface area contributed by atoms with Crippen molar-refractivity contribution in [3.63, 3.8) is 0 Å². The molecule has 2 aromatic rings. The summed E-state index contributed by atoms with van der Waals surface area (Å²) in [4.78, 5) is 33.5. The molecule has 0 radical (unpaired) electrons. The minimum atomic E-state index is -0.562. The van der Waals surface area contributed by atoms with Gasteiger partial charge in [-0.25, -0.2) is 14.2 Å². The number of halogens is 2. The van der Waals surface area contributed by atoms with E-state index >= 15 is 0 Å². The van der Waals surface area contributed by atoms with Crippen molar-refractivity contribution in [1.29, 1.82) is 0 Å². The van der Waals surface area contributed by atoms with Gasteiger partial charge in [-0.05, 0) is 39.8 Å². The van der Waals surface area contributed by atoms with Crippen LogP contribution in [0.1, 0.15) is 57.5 Å². The molecule has 8 nitrogen and oxygen atoms in total. The number of aromatic nitrogens is 1. The van der Waals surface area contributed by atoms with Crippen molar-refractivity contribution in [2.75, 3.05) is 26.2 Å². The summed E-state index contributed by atoms with van der Waals surface area (Å²) in [6, 6.07) is 5.62. The maximum atomic E-state index is 13.7. The van der Waals surface area contributed by atoms with E-state index in [9.17, 15) is 14.0 Å². The lowest BCUT2D eigenvalue weighted by Crippen LogP contribution is -2.39. The molecule has 0 saturated heterocycles. The molecule has 1 atom stereocenters. The van der Waals surface area contributed by atoms with Crippen LogP contribution < -0.4 is 16.0 Å². The summed E-state index contributed by atoms with van der Waals surface area (Å²) in [5, 5.41) is 9.75. The number of benzene rings is 1. The predicted octanol–water partition coefficient (Wildman–Crippen LogP) is 3.43. The fraction of sp³-hybridized carbons (Fsp3) is 0.429. The number of carbonyl (C=O) groups excluding carboxylic acids is 2. The van der Waals surface area contributed by atoms with E-state index in [2.05, 4.69) is 25.9 Å². The first-order chi connectivity index (χ1) is 14.9. The highest BCUT2D eigenvalue weighted by Gasteiger charge is 2.20. The Hall–Kier alpha value is -2.28. The van der Waals surface area contributed by atoms with Gasteiger partial charge in [0.1, 0.15) is 15.7 Å². The van der Waals surface area contributed by atoms with Gasteiger partial charge < -0.3 is 20.7 Å². The minimum Gasteiger partial charge on any atom is -0.462 e. The number of aliphatic imine (C=N–C) groups is 1. The lowest BCUT2D eigenvalue weighted by atomic mass is 10.2. The van der Waals surface area contributed by atoms with Gasteiger partial charge in [-0.15, -0.1) is 35.3 Å². The highest BCUT2D eigenvalue weighted by molar-refractivity contribution is 14.0. The average Bonchev–Trinajstić information content (AvgIpc) is 3.13. The number of hydrogen-bond acceptors (Lipinski definition) is 6. The first kappa shape index (κ1) is 27.8. The van der Waals surface area contributed by atoms with Crippen molar-refractivity contribution in [3.05, 3.63) is 51.2 Å². The number of esters is 1. The molecule has 0 aliphatic heterocycles. The molecule has 0 bridgehead atoms. The molecule has 0 spiro atoms. The van der Waals surface area contributed by atoms with Gasteiger partial charge in [0.05, 0.1) is 30.5 Å². The number of rotatable bonds is 9. The number of amides is 1. The highest BCUT2D eigenvalue weighted by atomic mass is 127. The quantitative estimate of drug-likeness (QED) is 0.139. The van der Waals surface area contributed by atoms with Crippen LogP contribution in [0.15, 0.2) is 29.3 Å². The second kappa shape index (κ2) is 14.0. The second-order valence-electron chi connectivity index (χ2n) is 6.55. The molecule has 11 heteroatoms. The summed E-state index contributed by atoms with van der Waals surface area (Å²) < 4.78 is 18.7. The molecule has 1 aromatic heterocycles. The van der Waals surface area contributed by atoms with Gasteiger partial charge in [0, 0.05) is 13.1 Å². The van der Waals surface area contributed by atoms with Crippen LogP contribution in [0.25, 0.3) is 0 Å². The van der Waals surface area contributed by atoms with Crippen molar-refractivity contribution < 1.29 is 18.7 Å². The van der Waals surface area contributed by atoms with Crippen LogP contribution in [0.2, 0.25) is 0 Å². The molecule has 2 rings (SSSR count). The van der Waals surface area contributed by atoms with Gasteiger partial charge in [-0.3, -0.25) is 9.79 Å². The van der Waals surface area contributed by atoms with E-state index < -0.39 is 11.7 Å². The van der Waals surface area contributed by atoms with Crippen molar-refractivity contribution >= 4 is 53.1 Å². The van der Waals surface area contributed by atoms with Crippen LogP contribution in [-0.4, -0.2) is 49.1 Å². The van der Waals surface area contributed by atoms with Crippen LogP contribution >= 0.6 is 35.3 Å². The Morgan fingerprint density at radius 2 is 1.97 bits per heavy atom. The molecule has 0 saturated carbocycles. The summed E-state index contributed by atoms with van der Waals surface area (Å²) in [5.74, 6) is -0.875. The van der Waals surface area contributed by atoms with Gasteiger partial charge in [-0.1, -0.05) is 12.1 Å². The van der Waals surface area contributed by atoms with Gasteiger partial charge in [0.2, 0.25) is 0 Å². The Balaban J connectivity index is 0.00000512. The number of ether oxygens (including phenoxy) is 1. The molecule has 1 heterocycles. The molecule has 1 amide bonds. The molecule has 176 valence electrons. The van der Waals surface area contributed by atoms with E-state index in [4.69, 9.17) is 4.74 Å². The molecule has 1 aromatic carbocycles. The fourth-order valence-electron chi connectivity index (χ4n) is 2.65. The topological polar surface area (TPSA) is 105 Å². The van der Waals surface area contributed by atoms with E-state index in [-0.39, 0.29) is 48.1 Å². The number of nitrogens with one attached hydrogen (secondary N) is 3. The fourth-order valence-corrected chi connectivity index (χ4v) is 3.62. The summed E-state index contributed by atoms with van der Waals surface area (Å²) in [7, 11) is 0. The van der Waals surface area contributed by atoms with Crippen molar-refractivity contribution in [2.24, 2.45) is 4.99 Å². The number of hydrogen-bond donors (Lipinski definition) is 3. The third-order valence-electron chi connectivity index (χ3n) is 4.13. The standard InChI is InChI=1S/C21H28FN5O3S.HI/c1-5-23-21(25-12-11-24-18(28)15-9-7-8-10-16(15)22)27-14(4)19-26-13(3)17(31-19)20(29)30-6-2;/h7-10,14H,5-6,11-12H2,1-4H3,(H,24,28)(H2,23,25,27);1H. The molecular formula is C21H29FIN5O3S. The van der Waals surface area contributed by atoms with Crippen LogP contribution in [-0.2, 0) is 4.74 Å². The monoisotopic (exact) mass is 577 g/mol. The van der Waals surface area contributed by atoms with Crippen molar-refractivity contribution in [1.82, 2.24) is 20.9 Å². The SMILES string of the molecule is CCNC(=NCCNC(=O)c1ccccc1F)NC(C)c1nc(C)c(C(=O)OCC)s1.I. The van der Waals surface area contributed by atoms with Gasteiger partial charge in [0.25, 0.3) is 5.91 Å². The first-order valence-electron chi connectivity index (χ1n) is 10.1. The van der Waals surface area contributed by atoms with Gasteiger partial charge in [-0.2, -0.15) is 0 Å². The Labute approximate surface area is 208 Å². The Bertz CT molecular complexity index is 938. The van der Waals surface area contributed by atoms with E-state index in [1.807, 2.05) is 13.8 Å². The minimum absolute atomic E-state index is 0. The third-order valence-corrected chi connectivity index (χ3v) is 5.45. The van der Waals surface area contributed by atoms with E-state index in [1.54, 1.807) is 19.9 Å². The summed E-state index contributed by atoms with van der Waals surface area (Å²) in [5.41, 5.74) is 0.631. The zero-order chi connectivity index (χ0) is 22.8. The lowest BCUT2D eigenvalue weighted by molar-refractivity contribution is 0.0531. The molecule has 3 N–H and O–H groups in total. The van der Waals surface area contributed by atoms with Crippen LogP contribution in [0.4, 0.5) is 4.39 Å². The largest absolute Gasteiger partial charge is 0.462 e. The van der Waals surface area contributed by atoms with E-state index in [0.29, 0.717) is 36.2 Å². The number of thiazole rings is 1. The molecule has 0 aliphatic rings. The zero-order valence-corrected chi connectivity index (χ0v) is 21.7. The molecular weight excluding hydrogens is 548 g/mol. The number of carbonyl (C=O) groups is 2. The molecule has 32 heavy (non-hydrogen) atoms. The summed E-state index contributed by atoms with van der Waals surface area (Å²) in [6.07, 6.45) is 0. The Morgan fingerprint density at radius 1 is 1.25 bits per heavy atom. The Morgan fingerprint density at radius 3 is 2.62 bits per heavy atom. The Kier molecular flexibility index (Phi) is 12.1. The highest BCUT2D eigenvalue weighted by Crippen LogP contribution is 2.24. The lowest BCUT2D eigenvalue weighted by Gasteiger charge is -2.16. The smallest absolute Gasteiger partial charge is 0.350 e. The maximum absolute atomic E-state index is 13.7. The van der Waals surface area contributed by atoms with Crippen LogP contribution in [0.5, 0.6) is 0 Å². The van der Waals surface area contributed by atoms with Crippen LogP contribution in [0, 0.1) is 12.7 Å². The van der Waals surface area contributed by atoms with E-state index in [0.717, 1.165) is 5.01 Å². The van der Waals surface area contributed by atoms with Crippen molar-refractivity contribution in [2.45, 2.75) is 33.7 Å². The van der Waals surface area contributed by atoms with Gasteiger partial charge >= 0.3 is 5.97 Å².